The van der Waals surface area contributed by atoms with Gasteiger partial charge in [0.15, 0.2) is 17.3 Å². The quantitative estimate of drug-likeness (QED) is 0.192. The van der Waals surface area contributed by atoms with Gasteiger partial charge in [0.25, 0.3) is 0 Å². The van der Waals surface area contributed by atoms with Gasteiger partial charge >= 0.3 is 0 Å². The van der Waals surface area contributed by atoms with Crippen LogP contribution < -0.4 is 4.74 Å². The minimum absolute atomic E-state index is 0.185. The maximum Gasteiger partial charge on any atom is 0.165 e. The Morgan fingerprint density at radius 3 is 2.25 bits per heavy atom. The normalized spacial score (nSPS) is 12.0. The van der Waals surface area contributed by atoms with E-state index in [4.69, 9.17) is 4.74 Å². The molecule has 0 aromatic heterocycles. The molecule has 0 aliphatic rings. The topological polar surface area (TPSA) is 26.3 Å². The molecular weight excluding hydrogens is 399 g/mol. The lowest BCUT2D eigenvalue weighted by Crippen LogP contribution is -2.00. The van der Waals surface area contributed by atoms with Crippen LogP contribution in [0.3, 0.4) is 0 Å². The predicted molar refractivity (Wildman–Crippen MR) is 133 cm³/mol. The van der Waals surface area contributed by atoms with Crippen LogP contribution in [-0.2, 0) is 0 Å². The first-order chi connectivity index (χ1) is 15.5. The first-order valence-corrected chi connectivity index (χ1v) is 12.6. The molecule has 0 radical (unpaired) electrons. The van der Waals surface area contributed by atoms with Crippen LogP contribution >= 0.6 is 0 Å². The Kier molecular flexibility index (Phi) is 12.1. The highest BCUT2D eigenvalue weighted by atomic mass is 19.1. The third-order valence-corrected chi connectivity index (χ3v) is 6.28. The number of halogens is 1. The van der Waals surface area contributed by atoms with E-state index < -0.39 is 0 Å². The number of unbranched alkanes of at least 4 members (excludes halogenated alkanes) is 6. The zero-order valence-electron chi connectivity index (χ0n) is 20.3. The van der Waals surface area contributed by atoms with Crippen molar-refractivity contribution >= 4 is 5.78 Å². The molecule has 0 N–H and O–H groups in total. The molecule has 2 rings (SSSR count). The lowest BCUT2D eigenvalue weighted by Gasteiger charge is -2.10. The van der Waals surface area contributed by atoms with E-state index in [1.165, 1.54) is 44.6 Å². The first-order valence-electron chi connectivity index (χ1n) is 12.6. The molecule has 2 nitrogen and oxygen atoms in total. The fraction of sp³-hybridized carbons (Fsp3) is 0.552. The van der Waals surface area contributed by atoms with E-state index in [1.807, 2.05) is 30.3 Å². The van der Waals surface area contributed by atoms with Crippen LogP contribution in [0, 0.1) is 11.7 Å². The summed E-state index contributed by atoms with van der Waals surface area (Å²) in [4.78, 5) is 12.4. The van der Waals surface area contributed by atoms with E-state index in [2.05, 4.69) is 20.8 Å². The molecule has 32 heavy (non-hydrogen) atoms. The number of ketones is 1. The van der Waals surface area contributed by atoms with Crippen molar-refractivity contribution in [3.63, 3.8) is 0 Å². The second-order valence-electron chi connectivity index (χ2n) is 9.02. The fourth-order valence-corrected chi connectivity index (χ4v) is 3.84. The summed E-state index contributed by atoms with van der Waals surface area (Å²) in [5, 5.41) is 0. The van der Waals surface area contributed by atoms with Gasteiger partial charge < -0.3 is 4.74 Å². The van der Waals surface area contributed by atoms with Gasteiger partial charge in [-0.1, -0.05) is 102 Å². The Balaban J connectivity index is 1.81. The summed E-state index contributed by atoms with van der Waals surface area (Å²) in [5.41, 5.74) is 2.43. The van der Waals surface area contributed by atoms with Crippen molar-refractivity contribution in [3.05, 3.63) is 53.8 Å². The van der Waals surface area contributed by atoms with Gasteiger partial charge in [-0.25, -0.2) is 4.39 Å². The zero-order valence-corrected chi connectivity index (χ0v) is 20.3. The van der Waals surface area contributed by atoms with Gasteiger partial charge in [0.2, 0.25) is 0 Å². The molecule has 0 amide bonds. The minimum Gasteiger partial charge on any atom is -0.491 e. The largest absolute Gasteiger partial charge is 0.491 e. The average molecular weight is 441 g/mol. The first kappa shape index (κ1) is 26.1. The standard InChI is InChI=1S/C29H41FO2/c1-4-6-7-8-9-12-21-32-29-20-19-26(22-27(29)30)24-15-17-25(18-16-24)28(31)14-11-10-13-23(3)5-2/h15-20,22-23H,4-14,21H2,1-3H3. The van der Waals surface area contributed by atoms with E-state index in [0.29, 0.717) is 18.8 Å². The monoisotopic (exact) mass is 440 g/mol. The van der Waals surface area contributed by atoms with Crippen molar-refractivity contribution < 1.29 is 13.9 Å². The maximum atomic E-state index is 14.5. The molecule has 0 bridgehead atoms. The van der Waals surface area contributed by atoms with Crippen LogP contribution in [0.25, 0.3) is 11.1 Å². The van der Waals surface area contributed by atoms with Gasteiger partial charge in [-0.15, -0.1) is 0 Å². The molecule has 0 spiro atoms. The molecule has 1 atom stereocenters. The number of benzene rings is 2. The smallest absolute Gasteiger partial charge is 0.165 e. The molecule has 0 aliphatic heterocycles. The van der Waals surface area contributed by atoms with Crippen molar-refractivity contribution in [2.24, 2.45) is 5.92 Å². The van der Waals surface area contributed by atoms with E-state index in [-0.39, 0.29) is 11.6 Å². The van der Waals surface area contributed by atoms with E-state index in [1.54, 1.807) is 6.07 Å². The summed E-state index contributed by atoms with van der Waals surface area (Å²) >= 11 is 0. The highest BCUT2D eigenvalue weighted by Crippen LogP contribution is 2.26. The summed E-state index contributed by atoms with van der Waals surface area (Å²) in [6.45, 7) is 7.23. The molecule has 0 saturated carbocycles. The number of hydrogen-bond donors (Lipinski definition) is 0. The Morgan fingerprint density at radius 1 is 0.875 bits per heavy atom. The summed E-state index contributed by atoms with van der Waals surface area (Å²) in [6, 6.07) is 12.6. The molecule has 2 aromatic rings. The molecule has 2 aromatic carbocycles. The van der Waals surface area contributed by atoms with Crippen molar-refractivity contribution in [1.82, 2.24) is 0 Å². The van der Waals surface area contributed by atoms with Gasteiger partial charge in [-0.05, 0) is 42.0 Å². The van der Waals surface area contributed by atoms with E-state index >= 15 is 0 Å². The SMILES string of the molecule is CCCCCCCCOc1ccc(-c2ccc(C(=O)CCCCC(C)CC)cc2)cc1F. The van der Waals surface area contributed by atoms with Gasteiger partial charge in [0.1, 0.15) is 0 Å². The van der Waals surface area contributed by atoms with Crippen LogP contribution in [0.5, 0.6) is 5.75 Å². The van der Waals surface area contributed by atoms with Crippen molar-refractivity contribution in [2.45, 2.75) is 91.4 Å². The number of hydrogen-bond acceptors (Lipinski definition) is 2. The number of Topliss-reactive ketones (excluding diaryl/α,β-unsaturated/α-hetero) is 1. The highest BCUT2D eigenvalue weighted by molar-refractivity contribution is 5.96. The van der Waals surface area contributed by atoms with Crippen LogP contribution in [0.4, 0.5) is 4.39 Å². The number of carbonyl (C=O) groups is 1. The Bertz CT molecular complexity index is 797. The predicted octanol–water partition coefficient (Wildman–Crippen LogP) is 9.02. The third kappa shape index (κ3) is 9.14. The number of rotatable bonds is 16. The fourth-order valence-electron chi connectivity index (χ4n) is 3.84. The summed E-state index contributed by atoms with van der Waals surface area (Å²) in [5.74, 6) is 0.892. The van der Waals surface area contributed by atoms with Crippen LogP contribution in [0.15, 0.2) is 42.5 Å². The number of ether oxygens (including phenoxy) is 1. The Labute approximate surface area is 194 Å². The van der Waals surface area contributed by atoms with E-state index in [9.17, 15) is 9.18 Å². The Morgan fingerprint density at radius 2 is 1.56 bits per heavy atom. The molecule has 176 valence electrons. The molecule has 1 unspecified atom stereocenters. The average Bonchev–Trinajstić information content (AvgIpc) is 2.81. The second-order valence-corrected chi connectivity index (χ2v) is 9.02. The molecule has 0 fully saturated rings. The van der Waals surface area contributed by atoms with Crippen molar-refractivity contribution in [3.8, 4) is 16.9 Å². The lowest BCUT2D eigenvalue weighted by atomic mass is 9.97. The van der Waals surface area contributed by atoms with Gasteiger partial charge in [0, 0.05) is 12.0 Å². The zero-order chi connectivity index (χ0) is 23.2. The molecule has 0 saturated heterocycles. The Hall–Kier alpha value is -2.16. The van der Waals surface area contributed by atoms with Crippen LogP contribution in [0.1, 0.15) is 102 Å². The molecular formula is C29H41FO2. The van der Waals surface area contributed by atoms with Gasteiger partial charge in [-0.2, -0.15) is 0 Å². The van der Waals surface area contributed by atoms with E-state index in [0.717, 1.165) is 48.3 Å². The van der Waals surface area contributed by atoms with Crippen LogP contribution in [0.2, 0.25) is 0 Å². The molecule has 0 aliphatic carbocycles. The third-order valence-electron chi connectivity index (χ3n) is 6.28. The molecule has 3 heteroatoms. The number of carbonyl (C=O) groups excluding carboxylic acids is 1. The van der Waals surface area contributed by atoms with Gasteiger partial charge in [-0.3, -0.25) is 4.79 Å². The van der Waals surface area contributed by atoms with Crippen LogP contribution in [-0.4, -0.2) is 12.4 Å². The van der Waals surface area contributed by atoms with Gasteiger partial charge in [0.05, 0.1) is 6.61 Å². The summed E-state index contributed by atoms with van der Waals surface area (Å²) in [7, 11) is 0. The maximum absolute atomic E-state index is 14.5. The summed E-state index contributed by atoms with van der Waals surface area (Å²) in [6.07, 6.45) is 12.1. The summed E-state index contributed by atoms with van der Waals surface area (Å²) < 4.78 is 20.1. The lowest BCUT2D eigenvalue weighted by molar-refractivity contribution is 0.0978. The van der Waals surface area contributed by atoms with Crippen molar-refractivity contribution in [2.75, 3.05) is 6.61 Å². The minimum atomic E-state index is -0.338. The second kappa shape index (κ2) is 14.8. The molecule has 0 heterocycles. The van der Waals surface area contributed by atoms with Crippen molar-refractivity contribution in [1.29, 1.82) is 0 Å². The highest BCUT2D eigenvalue weighted by Gasteiger charge is 2.09.